The first-order chi connectivity index (χ1) is 59.0. The van der Waals surface area contributed by atoms with Crippen LogP contribution in [0.25, 0.3) is 175 Å². The van der Waals surface area contributed by atoms with Crippen LogP contribution in [0.5, 0.6) is 0 Å². The van der Waals surface area contributed by atoms with Crippen molar-refractivity contribution in [1.29, 1.82) is 0 Å². The molecular weight excluding hydrogens is 1430 g/mol. The number of piperidine rings is 2. The number of benzene rings is 21. The summed E-state index contributed by atoms with van der Waals surface area (Å²) in [5.41, 5.74) is 30.9. The zero-order chi connectivity index (χ0) is 77.7. The molecule has 4 heterocycles. The average Bonchev–Trinajstić information content (AvgIpc) is 0.685. The molecule has 21 aromatic rings. The molecule has 0 atom stereocenters. The molecule has 2 aliphatic carbocycles. The average molecular weight is 1510 g/mol. The highest BCUT2D eigenvalue weighted by Crippen LogP contribution is 2.59. The van der Waals surface area contributed by atoms with Gasteiger partial charge in [0.25, 0.3) is 6.71 Å². The lowest BCUT2D eigenvalue weighted by atomic mass is 9.33. The van der Waals surface area contributed by atoms with Gasteiger partial charge in [0.15, 0.2) is 0 Å². The molecule has 3 nitrogen and oxygen atoms in total. The normalized spacial score (nSPS) is 16.5. The largest absolute Gasteiger partial charge is 0.365 e. The molecule has 0 amide bonds. The third-order valence-corrected chi connectivity index (χ3v) is 28.1. The summed E-state index contributed by atoms with van der Waals surface area (Å²) in [5, 5.41) is 20.5. The molecule has 0 N–H and O–H groups in total. The van der Waals surface area contributed by atoms with Gasteiger partial charge in [0.2, 0.25) is 0 Å². The Morgan fingerprint density at radius 1 is 0.210 bits per heavy atom. The van der Waals surface area contributed by atoms with Gasteiger partial charge in [-0.15, -0.1) is 0 Å². The summed E-state index contributed by atoms with van der Waals surface area (Å²) in [4.78, 5) is 8.59. The zero-order valence-corrected chi connectivity index (χ0v) is 65.7. The van der Waals surface area contributed by atoms with Crippen LogP contribution in [0.1, 0.15) is 32.1 Å². The van der Waals surface area contributed by atoms with Crippen molar-refractivity contribution in [2.75, 3.05) is 14.7 Å². The van der Waals surface area contributed by atoms with Crippen LogP contribution in [-0.2, 0) is 0 Å². The lowest BCUT2D eigenvalue weighted by Crippen LogP contribution is -2.62. The molecule has 21 aromatic carbocycles. The number of nitrogens with zero attached hydrogens (tertiary/aromatic N) is 3. The summed E-state index contributed by atoms with van der Waals surface area (Å²) >= 11 is 0. The standard InChI is InChI=1S/C115H78BN3/c1-7-25-72(26-8-1)84-62-97(74-29-11-3-12-30-74)114(98(63-84)75-31-13-4-14-32-75)118-103-55-51-82(89-53-49-80-41-21-45-93-91-43-19-37-78-39-23-47-95(107(78)91)111(89)109(80)93)66-101(103)116-102-67-83(90-54-50-81-42-22-46-94-92-44-20-38-79-40-24-48-96(108(79)92)112(90)110(81)94)52-56-104(102)119(106-69-88(68-105(118)113(106)116)117-86-58-70-57-71(60-86)61-87(117)59-70)115-99(76-33-15-5-16-34-76)64-85(73-27-9-2-10-28-73)65-100(115)77-35-17-6-18-36-77/h1-56,62-71,86-87H,57-61H2. The molecular formula is C115H78BN3. The van der Waals surface area contributed by atoms with E-state index in [4.69, 9.17) is 0 Å². The van der Waals surface area contributed by atoms with Gasteiger partial charge >= 0.3 is 0 Å². The molecule has 2 saturated carbocycles. The first-order valence-electron chi connectivity index (χ1n) is 42.7. The smallest absolute Gasteiger partial charge is 0.252 e. The maximum atomic E-state index is 2.98. The van der Waals surface area contributed by atoms with Crippen LogP contribution < -0.4 is 31.1 Å². The topological polar surface area (TPSA) is 9.72 Å². The predicted molar refractivity (Wildman–Crippen MR) is 506 cm³/mol. The Bertz CT molecular complexity index is 7140. The molecule has 4 fully saturated rings. The van der Waals surface area contributed by atoms with E-state index in [9.17, 15) is 0 Å². The lowest BCUT2D eigenvalue weighted by molar-refractivity contribution is 0.0900. The third-order valence-electron chi connectivity index (χ3n) is 28.1. The van der Waals surface area contributed by atoms with E-state index in [1.807, 2.05) is 0 Å². The molecule has 4 bridgehead atoms. The van der Waals surface area contributed by atoms with Gasteiger partial charge in [0.1, 0.15) is 0 Å². The van der Waals surface area contributed by atoms with Crippen LogP contribution >= 0.6 is 0 Å². The summed E-state index contributed by atoms with van der Waals surface area (Å²) in [6.07, 6.45) is 6.24. The molecule has 0 spiro atoms. The Hall–Kier alpha value is -14.3. The van der Waals surface area contributed by atoms with Gasteiger partial charge in [-0.05, 0) is 262 Å². The highest BCUT2D eigenvalue weighted by Gasteiger charge is 2.50. The van der Waals surface area contributed by atoms with Gasteiger partial charge < -0.3 is 14.7 Å². The van der Waals surface area contributed by atoms with Crippen LogP contribution in [0.3, 0.4) is 0 Å². The molecule has 4 heteroatoms. The van der Waals surface area contributed by atoms with Crippen molar-refractivity contribution in [3.05, 3.63) is 388 Å². The van der Waals surface area contributed by atoms with Crippen LogP contribution in [0.4, 0.5) is 39.8 Å². The van der Waals surface area contributed by atoms with E-state index < -0.39 is 0 Å². The van der Waals surface area contributed by atoms with Crippen LogP contribution in [0, 0.1) is 11.8 Å². The predicted octanol–water partition coefficient (Wildman–Crippen LogP) is 29.0. The van der Waals surface area contributed by atoms with Gasteiger partial charge in [-0.2, -0.15) is 0 Å². The van der Waals surface area contributed by atoms with Crippen molar-refractivity contribution in [3.63, 3.8) is 0 Å². The molecule has 2 saturated heterocycles. The number of rotatable bonds is 11. The molecule has 6 aliphatic rings. The van der Waals surface area contributed by atoms with E-state index in [1.165, 1.54) is 208 Å². The number of hydrogen-bond acceptors (Lipinski definition) is 3. The fraction of sp³-hybridized carbons (Fsp3) is 0.0783. The van der Waals surface area contributed by atoms with E-state index in [2.05, 4.69) is 403 Å². The quantitative estimate of drug-likeness (QED) is 0.0726. The van der Waals surface area contributed by atoms with Crippen molar-refractivity contribution >= 4 is 149 Å². The number of hydrogen-bond donors (Lipinski definition) is 0. The van der Waals surface area contributed by atoms with Crippen molar-refractivity contribution in [3.8, 4) is 89.0 Å². The van der Waals surface area contributed by atoms with Crippen molar-refractivity contribution in [1.82, 2.24) is 0 Å². The van der Waals surface area contributed by atoms with Crippen molar-refractivity contribution in [2.24, 2.45) is 11.8 Å². The van der Waals surface area contributed by atoms with Gasteiger partial charge in [-0.25, -0.2) is 0 Å². The van der Waals surface area contributed by atoms with Gasteiger partial charge in [0.05, 0.1) is 11.4 Å². The van der Waals surface area contributed by atoms with Crippen molar-refractivity contribution in [2.45, 2.75) is 44.2 Å². The van der Waals surface area contributed by atoms with E-state index in [0.717, 1.165) is 67.7 Å². The number of fused-ring (bicyclic) bond motifs is 8. The van der Waals surface area contributed by atoms with Gasteiger partial charge in [-0.1, -0.05) is 340 Å². The maximum absolute atomic E-state index is 2.98. The highest BCUT2D eigenvalue weighted by molar-refractivity contribution is 7.00. The first kappa shape index (κ1) is 66.9. The maximum Gasteiger partial charge on any atom is 0.252 e. The summed E-state index contributed by atoms with van der Waals surface area (Å²) in [6.45, 7) is -0.319. The van der Waals surface area contributed by atoms with Crippen molar-refractivity contribution < 1.29 is 0 Å². The minimum absolute atomic E-state index is 0.319. The van der Waals surface area contributed by atoms with Gasteiger partial charge in [0, 0.05) is 62.8 Å². The molecule has 4 aliphatic heterocycles. The molecule has 0 unspecified atom stereocenters. The number of anilines is 7. The summed E-state index contributed by atoms with van der Waals surface area (Å²) < 4.78 is 0. The van der Waals surface area contributed by atoms with Crippen LogP contribution in [-0.4, -0.2) is 18.8 Å². The lowest BCUT2D eigenvalue weighted by Gasteiger charge is -2.58. The van der Waals surface area contributed by atoms with Crippen LogP contribution in [0.15, 0.2) is 388 Å². The summed E-state index contributed by atoms with van der Waals surface area (Å²) in [5.74, 6) is 1.49. The Kier molecular flexibility index (Phi) is 14.7. The molecule has 556 valence electrons. The fourth-order valence-electron chi connectivity index (χ4n) is 23.4. The molecule has 119 heavy (non-hydrogen) atoms. The molecule has 27 rings (SSSR count). The Labute approximate surface area is 692 Å². The highest BCUT2D eigenvalue weighted by atomic mass is 15.2. The van der Waals surface area contributed by atoms with E-state index in [1.54, 1.807) is 0 Å². The Morgan fingerprint density at radius 3 is 0.882 bits per heavy atom. The summed E-state index contributed by atoms with van der Waals surface area (Å²) in [7, 11) is 0. The van der Waals surface area contributed by atoms with E-state index >= 15 is 0 Å². The van der Waals surface area contributed by atoms with Crippen LogP contribution in [0.2, 0.25) is 0 Å². The van der Waals surface area contributed by atoms with E-state index in [0.29, 0.717) is 12.1 Å². The minimum Gasteiger partial charge on any atom is -0.365 e. The second kappa shape index (κ2) is 26.1. The molecule has 0 radical (unpaired) electrons. The zero-order valence-electron chi connectivity index (χ0n) is 65.7. The Balaban J connectivity index is 0.850. The monoisotopic (exact) mass is 1510 g/mol. The van der Waals surface area contributed by atoms with Gasteiger partial charge in [-0.3, -0.25) is 0 Å². The second-order valence-electron chi connectivity index (χ2n) is 34.4. The minimum atomic E-state index is -0.319. The Morgan fingerprint density at radius 2 is 0.529 bits per heavy atom. The second-order valence-corrected chi connectivity index (χ2v) is 34.4. The van der Waals surface area contributed by atoms with E-state index in [-0.39, 0.29) is 6.71 Å². The fourth-order valence-corrected chi connectivity index (χ4v) is 23.4. The summed E-state index contributed by atoms with van der Waals surface area (Å²) in [6, 6.07) is 151. The molecule has 0 aromatic heterocycles. The first-order valence-corrected chi connectivity index (χ1v) is 42.7. The SMILES string of the molecule is c1ccc(-c2cc(-c3ccccc3)c(N3c4ccc(-c5ccc6cccc7c8cccc9cccc(c5c67)c98)cc4B4c5cc(-c6ccc7cccc8c9cccc%10cccc(c6c78)c%109)ccc5N(c5c(-c6ccccc6)cc(-c6ccccc6)cc5-c5ccccc5)c5cc(N6C7CC8CC(C7)CC6C8)cc3c54)c(-c3ccccc3)c2)cc1. The third kappa shape index (κ3) is 10.1.